The van der Waals surface area contributed by atoms with Crippen molar-refractivity contribution in [1.82, 2.24) is 39.0 Å². The molecule has 24 nitrogen and oxygen atoms in total. The highest BCUT2D eigenvalue weighted by Crippen LogP contribution is 2.47. The van der Waals surface area contributed by atoms with E-state index in [9.17, 15) is 40.4 Å². The van der Waals surface area contributed by atoms with Gasteiger partial charge >= 0.3 is 13.4 Å². The maximum absolute atomic E-state index is 10.6. The second kappa shape index (κ2) is 15.7. The summed E-state index contributed by atoms with van der Waals surface area (Å²) in [7, 11) is 0. The Hall–Kier alpha value is -2.56. The molecule has 0 amide bonds. The van der Waals surface area contributed by atoms with Crippen molar-refractivity contribution >= 4 is 71.0 Å². The van der Waals surface area contributed by atoms with Gasteiger partial charge < -0.3 is 79.5 Å². The van der Waals surface area contributed by atoms with Gasteiger partial charge in [-0.15, -0.1) is 0 Å². The fourth-order valence-electron chi connectivity index (χ4n) is 5.28. The number of fused-ring (bicyclic) bond motifs is 2. The Kier molecular flexibility index (Phi) is 11.8. The Balaban J connectivity index is 0.936. The molecular weight excluding hydrogens is 778 g/mol. The van der Waals surface area contributed by atoms with Crippen LogP contribution in [0.15, 0.2) is 25.3 Å². The van der Waals surface area contributed by atoms with E-state index in [1.54, 1.807) is 0 Å². The van der Waals surface area contributed by atoms with Crippen LogP contribution < -0.4 is 11.5 Å². The van der Waals surface area contributed by atoms with E-state index in [1.165, 1.54) is 34.4 Å². The standard InChI is InChI=1S/C24H34N10O14P2S2/c25-19-13-21(29-5-27-19)33(7-31-13)23-17(39)15(37)11(47-23)3-45-49(41,51)43-1-9(35)10(36)2-44-50(42,52)46-4-12-16(38)18(40)24(48-12)34-8-32-14-20(26)28-6-30-22(14)34/h5-12,15-18,23-24,35-40H,1-4H2,(H,41,51)(H,42,52)(H2,25,27,29)(H2,26,28,30)/t9?,10?,11-,12-,15-,16-,17-,18-,23-,24-,49?,50?/m1/s1. The van der Waals surface area contributed by atoms with Crippen molar-refractivity contribution in [2.75, 3.05) is 37.9 Å². The van der Waals surface area contributed by atoms with Crippen molar-refractivity contribution in [2.24, 2.45) is 0 Å². The highest BCUT2D eigenvalue weighted by Gasteiger charge is 2.46. The molecule has 0 bridgehead atoms. The van der Waals surface area contributed by atoms with Gasteiger partial charge in [0.15, 0.2) is 35.4 Å². The number of nitrogens with two attached hydrogens (primary N) is 2. The van der Waals surface area contributed by atoms with Gasteiger partial charge in [-0.1, -0.05) is 0 Å². The van der Waals surface area contributed by atoms with Gasteiger partial charge in [0.1, 0.15) is 72.5 Å². The highest BCUT2D eigenvalue weighted by molar-refractivity contribution is 8.07. The van der Waals surface area contributed by atoms with Crippen molar-refractivity contribution in [3.63, 3.8) is 0 Å². The summed E-state index contributed by atoms with van der Waals surface area (Å²) in [5.41, 5.74) is 12.6. The largest absolute Gasteiger partial charge is 0.388 e. The fraction of sp³-hybridized carbons (Fsp3) is 0.583. The molecule has 0 spiro atoms. The minimum Gasteiger partial charge on any atom is -0.388 e. The summed E-state index contributed by atoms with van der Waals surface area (Å²) in [5.74, 6) is 0.192. The molecule has 4 aromatic rings. The van der Waals surface area contributed by atoms with Crippen LogP contribution in [0.25, 0.3) is 22.3 Å². The normalized spacial score (nSPS) is 30.1. The molecule has 2 fully saturated rings. The third kappa shape index (κ3) is 8.24. The Morgan fingerprint density at radius 3 is 1.42 bits per heavy atom. The lowest BCUT2D eigenvalue weighted by molar-refractivity contribution is -0.0561. The maximum atomic E-state index is 10.6. The van der Waals surface area contributed by atoms with Crippen molar-refractivity contribution in [3.05, 3.63) is 25.3 Å². The van der Waals surface area contributed by atoms with Crippen LogP contribution >= 0.6 is 13.4 Å². The zero-order chi connectivity index (χ0) is 37.5. The van der Waals surface area contributed by atoms with Crippen LogP contribution in [0.5, 0.6) is 0 Å². The van der Waals surface area contributed by atoms with Gasteiger partial charge in [0.2, 0.25) is 0 Å². The van der Waals surface area contributed by atoms with Crippen molar-refractivity contribution < 1.29 is 68.0 Å². The number of ether oxygens (including phenoxy) is 2. The van der Waals surface area contributed by atoms with E-state index in [0.29, 0.717) is 0 Å². The smallest absolute Gasteiger partial charge is 0.324 e. The summed E-state index contributed by atoms with van der Waals surface area (Å²) in [6, 6.07) is 0. The van der Waals surface area contributed by atoms with E-state index < -0.39 is 101 Å². The van der Waals surface area contributed by atoms with Gasteiger partial charge in [0.05, 0.1) is 39.1 Å². The maximum Gasteiger partial charge on any atom is 0.324 e. The van der Waals surface area contributed by atoms with Gasteiger partial charge in [-0.05, 0) is 23.6 Å². The summed E-state index contributed by atoms with van der Waals surface area (Å²) >= 11 is 9.89. The first-order chi connectivity index (χ1) is 24.6. The molecule has 12 atom stereocenters. The van der Waals surface area contributed by atoms with E-state index in [0.717, 1.165) is 0 Å². The van der Waals surface area contributed by atoms with Crippen LogP contribution in [-0.2, 0) is 51.2 Å². The molecule has 0 radical (unpaired) electrons. The third-order valence-electron chi connectivity index (χ3n) is 8.06. The minimum atomic E-state index is -4.11. The van der Waals surface area contributed by atoms with E-state index in [-0.39, 0.29) is 34.0 Å². The molecule has 286 valence electrons. The van der Waals surface area contributed by atoms with E-state index >= 15 is 0 Å². The van der Waals surface area contributed by atoms with Crippen LogP contribution in [0.1, 0.15) is 12.5 Å². The number of aliphatic hydroxyl groups excluding tert-OH is 6. The lowest BCUT2D eigenvalue weighted by Gasteiger charge is -2.24. The summed E-state index contributed by atoms with van der Waals surface area (Å²) in [6.45, 7) is -10.8. The summed E-state index contributed by atoms with van der Waals surface area (Å²) in [5, 5.41) is 62.9. The minimum absolute atomic E-state index is 0.0960. The third-order valence-corrected chi connectivity index (χ3v) is 11.2. The summed E-state index contributed by atoms with van der Waals surface area (Å²) in [4.78, 5) is 45.0. The predicted octanol–water partition coefficient (Wildman–Crippen LogP) is -3.71. The van der Waals surface area contributed by atoms with Crippen LogP contribution in [0.3, 0.4) is 0 Å². The molecule has 2 aliphatic heterocycles. The number of aliphatic hydroxyl groups is 6. The van der Waals surface area contributed by atoms with Crippen LogP contribution in [0.4, 0.5) is 11.6 Å². The Morgan fingerprint density at radius 2 is 1.04 bits per heavy atom. The zero-order valence-corrected chi connectivity index (χ0v) is 29.8. The first-order valence-electron chi connectivity index (χ1n) is 15.1. The van der Waals surface area contributed by atoms with Crippen LogP contribution in [-0.4, -0.2) is 155 Å². The van der Waals surface area contributed by atoms with Crippen molar-refractivity contribution in [2.45, 2.75) is 61.3 Å². The average molecular weight is 813 g/mol. The zero-order valence-electron chi connectivity index (χ0n) is 26.4. The number of hydrogen-bond acceptors (Lipinski definition) is 22. The molecule has 12 N–H and O–H groups in total. The van der Waals surface area contributed by atoms with Crippen molar-refractivity contribution in [3.8, 4) is 0 Å². The van der Waals surface area contributed by atoms with Crippen LogP contribution in [0, 0.1) is 0 Å². The summed E-state index contributed by atoms with van der Waals surface area (Å²) in [6.07, 6.45) is -9.15. The van der Waals surface area contributed by atoms with Crippen molar-refractivity contribution in [1.29, 1.82) is 0 Å². The number of aromatic nitrogens is 8. The highest BCUT2D eigenvalue weighted by atomic mass is 32.5. The molecule has 6 rings (SSSR count). The molecule has 2 saturated heterocycles. The van der Waals surface area contributed by atoms with Gasteiger partial charge in [-0.3, -0.25) is 9.13 Å². The Bertz CT molecular complexity index is 1840. The Labute approximate surface area is 302 Å². The second-order valence-corrected chi connectivity index (χ2v) is 17.2. The van der Waals surface area contributed by atoms with E-state index in [1.807, 2.05) is 0 Å². The van der Waals surface area contributed by atoms with Crippen LogP contribution in [0.2, 0.25) is 0 Å². The monoisotopic (exact) mass is 812 g/mol. The quantitative estimate of drug-likeness (QED) is 0.0516. The average Bonchev–Trinajstić information content (AvgIpc) is 3.87. The molecule has 2 aliphatic rings. The fourth-order valence-corrected chi connectivity index (χ4v) is 7.51. The molecule has 6 heterocycles. The number of rotatable bonds is 15. The van der Waals surface area contributed by atoms with Gasteiger partial charge in [-0.2, -0.15) is 0 Å². The first-order valence-corrected chi connectivity index (χ1v) is 20.2. The topological polar surface area (TPSA) is 356 Å². The molecule has 0 aromatic carbocycles. The number of nitrogen functional groups attached to an aromatic ring is 2. The number of hydrogen-bond donors (Lipinski definition) is 10. The summed E-state index contributed by atoms with van der Waals surface area (Å²) < 4.78 is 34.8. The van der Waals surface area contributed by atoms with Gasteiger partial charge in [-0.25, -0.2) is 29.9 Å². The molecule has 52 heavy (non-hydrogen) atoms. The number of nitrogens with zero attached hydrogens (tertiary/aromatic N) is 8. The van der Waals surface area contributed by atoms with E-state index in [4.69, 9.17) is 62.6 Å². The SMILES string of the molecule is Nc1ncnc2c1ncn2[C@@H]1O[C@H](COP(O)(=S)OCC(O)C(O)COP(O)(=S)OC[C@H]2O[C@@H](n3cnc4c(N)ncnc43)[C@H](O)[C@@H]2O)[C@@H](O)[C@H]1O. The first kappa shape index (κ1) is 39.1. The van der Waals surface area contributed by atoms with Gasteiger partial charge in [0, 0.05) is 0 Å². The molecule has 28 heteroatoms. The lowest BCUT2D eigenvalue weighted by atomic mass is 10.1. The molecule has 4 unspecified atom stereocenters. The molecular formula is C24H34N10O14P2S2. The number of anilines is 2. The van der Waals surface area contributed by atoms with Gasteiger partial charge in [0.25, 0.3) is 0 Å². The second-order valence-electron chi connectivity index (χ2n) is 11.5. The molecule has 0 saturated carbocycles. The predicted molar refractivity (Wildman–Crippen MR) is 180 cm³/mol. The number of imidazole rings is 2. The molecule has 0 aliphatic carbocycles. The molecule has 4 aromatic heterocycles. The Morgan fingerprint density at radius 1 is 0.654 bits per heavy atom. The van der Waals surface area contributed by atoms with E-state index in [2.05, 4.69) is 29.9 Å². The lowest BCUT2D eigenvalue weighted by Crippen LogP contribution is -2.35.